The lowest BCUT2D eigenvalue weighted by molar-refractivity contribution is -0.138. The van der Waals surface area contributed by atoms with Gasteiger partial charge < -0.3 is 9.64 Å². The third-order valence-electron chi connectivity index (χ3n) is 5.13. The molecule has 0 spiro atoms. The van der Waals surface area contributed by atoms with Gasteiger partial charge in [0.1, 0.15) is 0 Å². The third-order valence-corrected chi connectivity index (χ3v) is 7.25. The van der Waals surface area contributed by atoms with Crippen molar-refractivity contribution in [1.82, 2.24) is 4.90 Å². The van der Waals surface area contributed by atoms with Crippen molar-refractivity contribution in [2.24, 2.45) is 0 Å². The number of nitrogens with zero attached hydrogens (tertiary/aromatic N) is 2. The van der Waals surface area contributed by atoms with Crippen LogP contribution in [0, 0.1) is 0 Å². The number of para-hydroxylation sites is 1. The number of ether oxygens (including phenoxy) is 1. The van der Waals surface area contributed by atoms with Crippen molar-refractivity contribution < 1.29 is 22.7 Å². The van der Waals surface area contributed by atoms with E-state index in [1.165, 1.54) is 35.5 Å². The smallest absolute Gasteiger partial charge is 0.340 e. The molecule has 2 aromatic rings. The first-order valence-corrected chi connectivity index (χ1v) is 12.1. The second-order valence-electron chi connectivity index (χ2n) is 7.38. The zero-order valence-electron chi connectivity index (χ0n) is 17.7. The Labute approximate surface area is 193 Å². The first-order valence-electron chi connectivity index (χ1n) is 10.2. The Balaban J connectivity index is 1.87. The van der Waals surface area contributed by atoms with Crippen LogP contribution >= 0.6 is 11.6 Å². The van der Waals surface area contributed by atoms with E-state index < -0.39 is 22.1 Å². The number of rotatable bonds is 8. The molecule has 0 saturated carbocycles. The summed E-state index contributed by atoms with van der Waals surface area (Å²) >= 11 is 6.17. The maximum absolute atomic E-state index is 13.3. The first kappa shape index (κ1) is 23.8. The number of carbonyl (C=O) groups is 2. The van der Waals surface area contributed by atoms with E-state index in [2.05, 4.69) is 6.58 Å². The predicted octanol–water partition coefficient (Wildman–Crippen LogP) is 3.89. The van der Waals surface area contributed by atoms with Crippen LogP contribution in [-0.2, 0) is 19.6 Å². The van der Waals surface area contributed by atoms with Crippen LogP contribution in [0.2, 0.25) is 5.02 Å². The number of benzene rings is 2. The summed E-state index contributed by atoms with van der Waals surface area (Å²) in [5.74, 6) is -1.14. The van der Waals surface area contributed by atoms with Gasteiger partial charge >= 0.3 is 5.97 Å². The monoisotopic (exact) mass is 476 g/mol. The normalized spacial score (nSPS) is 14.6. The van der Waals surface area contributed by atoms with Crippen LogP contribution in [0.15, 0.2) is 66.1 Å². The molecule has 0 aromatic heterocycles. The summed E-state index contributed by atoms with van der Waals surface area (Å²) in [6.45, 7) is 6.44. The molecular formula is C23H25ClN2O5S. The number of likely N-dealkylation sites (tertiary alicyclic amines) is 1. The van der Waals surface area contributed by atoms with Crippen molar-refractivity contribution in [3.8, 4) is 0 Å². The number of sulfonamides is 1. The van der Waals surface area contributed by atoms with E-state index >= 15 is 0 Å². The molecule has 1 aliphatic rings. The van der Waals surface area contributed by atoms with Crippen LogP contribution in [0.4, 0.5) is 5.69 Å². The fourth-order valence-electron chi connectivity index (χ4n) is 3.47. The standard InChI is InChI=1S/C23H25ClN2O5S/c1-3-13-26(18-9-5-4-6-10-18)32(29,30)19-11-12-21(24)20(16-19)23(28)31-17(2)22(27)25-14-7-8-15-25/h3-6,9-12,16-17H,1,7-8,13-15H2,2H3. The molecule has 1 amide bonds. The van der Waals surface area contributed by atoms with Crippen LogP contribution in [0.3, 0.4) is 0 Å². The van der Waals surface area contributed by atoms with Crippen LogP contribution in [0.5, 0.6) is 0 Å². The fraction of sp³-hybridized carbons (Fsp3) is 0.304. The fourth-order valence-corrected chi connectivity index (χ4v) is 5.13. The molecule has 1 fully saturated rings. The molecule has 0 bridgehead atoms. The molecule has 0 radical (unpaired) electrons. The average molecular weight is 477 g/mol. The highest BCUT2D eigenvalue weighted by Crippen LogP contribution is 2.27. The Morgan fingerprint density at radius 2 is 1.84 bits per heavy atom. The summed E-state index contributed by atoms with van der Waals surface area (Å²) < 4.78 is 33.2. The largest absolute Gasteiger partial charge is 0.449 e. The second-order valence-corrected chi connectivity index (χ2v) is 9.65. The van der Waals surface area contributed by atoms with Crippen LogP contribution < -0.4 is 4.31 Å². The second kappa shape index (κ2) is 10.2. The molecule has 1 heterocycles. The maximum Gasteiger partial charge on any atom is 0.340 e. The Hall–Kier alpha value is -2.84. The van der Waals surface area contributed by atoms with Crippen LogP contribution in [0.25, 0.3) is 0 Å². The Kier molecular flexibility index (Phi) is 7.58. The van der Waals surface area contributed by atoms with Gasteiger partial charge in [0, 0.05) is 13.1 Å². The summed E-state index contributed by atoms with van der Waals surface area (Å²) in [6.07, 6.45) is 2.31. The van der Waals surface area contributed by atoms with Crippen molar-refractivity contribution >= 4 is 39.2 Å². The van der Waals surface area contributed by atoms with Gasteiger partial charge in [-0.2, -0.15) is 0 Å². The molecule has 0 aliphatic carbocycles. The van der Waals surface area contributed by atoms with Gasteiger partial charge in [-0.3, -0.25) is 9.10 Å². The Morgan fingerprint density at radius 3 is 2.47 bits per heavy atom. The van der Waals surface area contributed by atoms with Gasteiger partial charge in [-0.05, 0) is 50.1 Å². The zero-order chi connectivity index (χ0) is 23.3. The lowest BCUT2D eigenvalue weighted by Gasteiger charge is -2.23. The van der Waals surface area contributed by atoms with Gasteiger partial charge in [-0.25, -0.2) is 13.2 Å². The van der Waals surface area contributed by atoms with Crippen molar-refractivity contribution in [3.05, 3.63) is 71.8 Å². The van der Waals surface area contributed by atoms with Crippen LogP contribution in [-0.4, -0.2) is 50.9 Å². The van der Waals surface area contributed by atoms with Gasteiger partial charge in [0.25, 0.3) is 15.9 Å². The topological polar surface area (TPSA) is 84.0 Å². The summed E-state index contributed by atoms with van der Waals surface area (Å²) in [5, 5.41) is 0.0322. The Bertz CT molecular complexity index is 1100. The van der Waals surface area contributed by atoms with E-state index in [0.29, 0.717) is 18.8 Å². The molecule has 2 aromatic carbocycles. The summed E-state index contributed by atoms with van der Waals surface area (Å²) in [6, 6.07) is 12.4. The minimum Gasteiger partial charge on any atom is -0.449 e. The average Bonchev–Trinajstić information content (AvgIpc) is 3.32. The van der Waals surface area contributed by atoms with Gasteiger partial charge in [-0.15, -0.1) is 6.58 Å². The van der Waals surface area contributed by atoms with Gasteiger partial charge in [-0.1, -0.05) is 35.9 Å². The minimum atomic E-state index is -4.03. The number of esters is 1. The predicted molar refractivity (Wildman–Crippen MR) is 123 cm³/mol. The van der Waals surface area contributed by atoms with Crippen molar-refractivity contribution in [2.75, 3.05) is 23.9 Å². The van der Waals surface area contributed by atoms with E-state index in [1.54, 1.807) is 35.2 Å². The van der Waals surface area contributed by atoms with E-state index in [-0.39, 0.29) is 27.9 Å². The van der Waals surface area contributed by atoms with E-state index in [9.17, 15) is 18.0 Å². The Morgan fingerprint density at radius 1 is 1.19 bits per heavy atom. The lowest BCUT2D eigenvalue weighted by Crippen LogP contribution is -2.38. The van der Waals surface area contributed by atoms with E-state index in [0.717, 1.165) is 12.8 Å². The molecule has 3 rings (SSSR count). The molecule has 1 unspecified atom stereocenters. The highest BCUT2D eigenvalue weighted by molar-refractivity contribution is 7.92. The summed E-state index contributed by atoms with van der Waals surface area (Å²) in [7, 11) is -4.03. The number of amides is 1. The van der Waals surface area contributed by atoms with Crippen molar-refractivity contribution in [3.63, 3.8) is 0 Å². The van der Waals surface area contributed by atoms with E-state index in [4.69, 9.17) is 16.3 Å². The molecule has 9 heteroatoms. The number of hydrogen-bond donors (Lipinski definition) is 0. The van der Waals surface area contributed by atoms with Gasteiger partial charge in [0.2, 0.25) is 0 Å². The minimum absolute atomic E-state index is 0.0322. The molecule has 1 saturated heterocycles. The van der Waals surface area contributed by atoms with Crippen LogP contribution in [0.1, 0.15) is 30.1 Å². The van der Waals surface area contributed by atoms with Crippen molar-refractivity contribution in [1.29, 1.82) is 0 Å². The number of hydrogen-bond acceptors (Lipinski definition) is 5. The number of anilines is 1. The lowest BCUT2D eigenvalue weighted by atomic mass is 10.2. The molecule has 1 atom stereocenters. The quantitative estimate of drug-likeness (QED) is 0.426. The molecule has 7 nitrogen and oxygen atoms in total. The molecular weight excluding hydrogens is 452 g/mol. The molecule has 170 valence electrons. The SMILES string of the molecule is C=CCN(c1ccccc1)S(=O)(=O)c1ccc(Cl)c(C(=O)OC(C)C(=O)N2CCCC2)c1. The summed E-state index contributed by atoms with van der Waals surface area (Å²) in [4.78, 5) is 26.7. The zero-order valence-corrected chi connectivity index (χ0v) is 19.3. The van der Waals surface area contributed by atoms with Crippen molar-refractivity contribution in [2.45, 2.75) is 30.8 Å². The summed E-state index contributed by atoms with van der Waals surface area (Å²) in [5.41, 5.74) is 0.330. The van der Waals surface area contributed by atoms with E-state index in [1.807, 2.05) is 0 Å². The number of carbonyl (C=O) groups excluding carboxylic acids is 2. The molecule has 1 aliphatic heterocycles. The number of halogens is 1. The van der Waals surface area contributed by atoms with Gasteiger partial charge in [0.15, 0.2) is 6.10 Å². The highest BCUT2D eigenvalue weighted by atomic mass is 35.5. The van der Waals surface area contributed by atoms with Gasteiger partial charge in [0.05, 0.1) is 27.7 Å². The maximum atomic E-state index is 13.3. The molecule has 0 N–H and O–H groups in total. The first-order chi connectivity index (χ1) is 15.3. The molecule has 32 heavy (non-hydrogen) atoms. The highest BCUT2D eigenvalue weighted by Gasteiger charge is 2.29. The third kappa shape index (κ3) is 5.14.